The summed E-state index contributed by atoms with van der Waals surface area (Å²) >= 11 is 0. The predicted molar refractivity (Wildman–Crippen MR) is 126 cm³/mol. The maximum Gasteiger partial charge on any atom is 0.290 e. The Morgan fingerprint density at radius 3 is 2.71 bits per heavy atom. The molecule has 1 unspecified atom stereocenters. The minimum atomic E-state index is -0.889. The molecule has 2 aromatic carbocycles. The van der Waals surface area contributed by atoms with E-state index in [1.807, 2.05) is 10.8 Å². The molecule has 1 aliphatic heterocycles. The van der Waals surface area contributed by atoms with Crippen LogP contribution in [-0.2, 0) is 11.3 Å². The Morgan fingerprint density at radius 2 is 1.97 bits per heavy atom. The van der Waals surface area contributed by atoms with E-state index >= 15 is 0 Å². The summed E-state index contributed by atoms with van der Waals surface area (Å²) in [7, 11) is 1.50. The van der Waals surface area contributed by atoms with Crippen molar-refractivity contribution in [3.05, 3.63) is 89.9 Å². The van der Waals surface area contributed by atoms with Gasteiger partial charge in [0, 0.05) is 30.9 Å². The van der Waals surface area contributed by atoms with E-state index in [2.05, 4.69) is 4.98 Å². The van der Waals surface area contributed by atoms with Gasteiger partial charge in [0.1, 0.15) is 5.75 Å². The van der Waals surface area contributed by atoms with Gasteiger partial charge in [0.25, 0.3) is 5.91 Å². The lowest BCUT2D eigenvalue weighted by atomic mass is 9.94. The SMILES string of the molecule is COc1cccc2cc(C(=O)C3=C(O)C(=O)N(CCCn4ccnc4)C3c3cccc(O)c3)oc12. The number of aryl methyl sites for hydroxylation is 1. The quantitative estimate of drug-likeness (QED) is 0.371. The molecular formula is C26H23N3O6. The van der Waals surface area contributed by atoms with Crippen molar-refractivity contribution in [3.8, 4) is 11.5 Å². The first-order valence-corrected chi connectivity index (χ1v) is 11.1. The number of aliphatic hydroxyl groups excluding tert-OH is 1. The van der Waals surface area contributed by atoms with Crippen LogP contribution in [0.5, 0.6) is 11.5 Å². The van der Waals surface area contributed by atoms with Gasteiger partial charge in [-0.05, 0) is 36.2 Å². The van der Waals surface area contributed by atoms with Crippen molar-refractivity contribution in [1.82, 2.24) is 14.5 Å². The Kier molecular flexibility index (Phi) is 5.74. The molecule has 3 heterocycles. The number of aromatic nitrogens is 2. The number of fused-ring (bicyclic) bond motifs is 1. The lowest BCUT2D eigenvalue weighted by Crippen LogP contribution is -2.32. The maximum absolute atomic E-state index is 13.6. The summed E-state index contributed by atoms with van der Waals surface area (Å²) in [6.07, 6.45) is 5.73. The molecular weight excluding hydrogens is 450 g/mol. The predicted octanol–water partition coefficient (Wildman–Crippen LogP) is 4.01. The molecule has 9 heteroatoms. The molecule has 0 saturated heterocycles. The van der Waals surface area contributed by atoms with Gasteiger partial charge in [-0.15, -0.1) is 0 Å². The Morgan fingerprint density at radius 1 is 1.14 bits per heavy atom. The highest BCUT2D eigenvalue weighted by molar-refractivity contribution is 6.16. The number of furan rings is 1. The van der Waals surface area contributed by atoms with E-state index in [0.29, 0.717) is 35.2 Å². The molecule has 5 rings (SSSR count). The van der Waals surface area contributed by atoms with Gasteiger partial charge in [-0.25, -0.2) is 4.98 Å². The fourth-order valence-electron chi connectivity index (χ4n) is 4.44. The number of imidazole rings is 1. The van der Waals surface area contributed by atoms with E-state index in [0.717, 1.165) is 0 Å². The van der Waals surface area contributed by atoms with Crippen molar-refractivity contribution in [2.75, 3.05) is 13.7 Å². The zero-order chi connectivity index (χ0) is 24.5. The zero-order valence-corrected chi connectivity index (χ0v) is 18.9. The molecule has 1 amide bonds. The fourth-order valence-corrected chi connectivity index (χ4v) is 4.44. The minimum Gasteiger partial charge on any atom is -0.508 e. The van der Waals surface area contributed by atoms with Crippen molar-refractivity contribution < 1.29 is 29.0 Å². The molecule has 35 heavy (non-hydrogen) atoms. The van der Waals surface area contributed by atoms with Gasteiger partial charge in [-0.3, -0.25) is 9.59 Å². The highest BCUT2D eigenvalue weighted by atomic mass is 16.5. The van der Waals surface area contributed by atoms with Crippen LogP contribution in [0, 0.1) is 0 Å². The van der Waals surface area contributed by atoms with E-state index in [4.69, 9.17) is 9.15 Å². The lowest BCUT2D eigenvalue weighted by molar-refractivity contribution is -0.129. The second-order valence-corrected chi connectivity index (χ2v) is 8.23. The molecule has 0 radical (unpaired) electrons. The number of hydrogen-bond acceptors (Lipinski definition) is 7. The third-order valence-electron chi connectivity index (χ3n) is 6.06. The van der Waals surface area contributed by atoms with Crippen molar-refractivity contribution in [3.63, 3.8) is 0 Å². The van der Waals surface area contributed by atoms with Crippen LogP contribution in [0.3, 0.4) is 0 Å². The number of rotatable bonds is 8. The molecule has 0 aliphatic carbocycles. The fraction of sp³-hybridized carbons (Fsp3) is 0.192. The van der Waals surface area contributed by atoms with Crippen LogP contribution in [0.2, 0.25) is 0 Å². The number of para-hydroxylation sites is 1. The third-order valence-corrected chi connectivity index (χ3v) is 6.06. The van der Waals surface area contributed by atoms with Crippen LogP contribution in [0.1, 0.15) is 28.6 Å². The van der Waals surface area contributed by atoms with Crippen LogP contribution in [0.25, 0.3) is 11.0 Å². The first-order chi connectivity index (χ1) is 17.0. The van der Waals surface area contributed by atoms with E-state index in [-0.39, 0.29) is 23.6 Å². The van der Waals surface area contributed by atoms with Crippen LogP contribution in [0.4, 0.5) is 0 Å². The normalized spacial score (nSPS) is 15.9. The van der Waals surface area contributed by atoms with Gasteiger partial charge in [0.05, 0.1) is 25.1 Å². The molecule has 0 saturated carbocycles. The zero-order valence-electron chi connectivity index (χ0n) is 18.9. The summed E-state index contributed by atoms with van der Waals surface area (Å²) in [5, 5.41) is 21.6. The number of nitrogens with zero attached hydrogens (tertiary/aromatic N) is 3. The summed E-state index contributed by atoms with van der Waals surface area (Å²) in [6, 6.07) is 12.3. The first kappa shape index (κ1) is 22.3. The lowest BCUT2D eigenvalue weighted by Gasteiger charge is -2.26. The molecule has 2 aromatic heterocycles. The third kappa shape index (κ3) is 4.01. The molecule has 1 aliphatic rings. The van der Waals surface area contributed by atoms with Gasteiger partial charge in [-0.2, -0.15) is 0 Å². The van der Waals surface area contributed by atoms with Crippen molar-refractivity contribution in [1.29, 1.82) is 0 Å². The van der Waals surface area contributed by atoms with E-state index in [1.165, 1.54) is 24.1 Å². The van der Waals surface area contributed by atoms with Gasteiger partial charge >= 0.3 is 0 Å². The number of hydrogen-bond donors (Lipinski definition) is 2. The van der Waals surface area contributed by atoms with Gasteiger partial charge < -0.3 is 28.8 Å². The van der Waals surface area contributed by atoms with Gasteiger partial charge in [0.2, 0.25) is 5.78 Å². The number of aliphatic hydroxyl groups is 1. The Labute approximate surface area is 200 Å². The number of phenolic OH excluding ortho intramolecular Hbond substituents is 1. The molecule has 0 spiro atoms. The Hall–Kier alpha value is -4.53. The van der Waals surface area contributed by atoms with Gasteiger partial charge in [-0.1, -0.05) is 24.3 Å². The largest absolute Gasteiger partial charge is 0.508 e. The van der Waals surface area contributed by atoms with Crippen LogP contribution >= 0.6 is 0 Å². The van der Waals surface area contributed by atoms with Gasteiger partial charge in [0.15, 0.2) is 22.9 Å². The van der Waals surface area contributed by atoms with Crippen LogP contribution in [-0.4, -0.2) is 50.0 Å². The second-order valence-electron chi connectivity index (χ2n) is 8.23. The standard InChI is InChI=1S/C26H23N3O6/c1-34-19-8-3-6-17-14-20(35-25(17)19)23(31)21-22(16-5-2-7-18(30)13-16)29(26(33)24(21)32)11-4-10-28-12-9-27-15-28/h2-3,5-9,12-15,22,30,32H,4,10-11H2,1H3. The van der Waals surface area contributed by atoms with E-state index in [9.17, 15) is 19.8 Å². The summed E-state index contributed by atoms with van der Waals surface area (Å²) in [5.41, 5.74) is 0.803. The average Bonchev–Trinajstić information content (AvgIpc) is 3.58. The number of ether oxygens (including phenoxy) is 1. The molecule has 1 atom stereocenters. The number of carbonyl (C=O) groups is 2. The number of ketones is 1. The summed E-state index contributed by atoms with van der Waals surface area (Å²) in [4.78, 5) is 32.2. The summed E-state index contributed by atoms with van der Waals surface area (Å²) in [6.45, 7) is 0.871. The van der Waals surface area contributed by atoms with Crippen molar-refractivity contribution in [2.24, 2.45) is 0 Å². The summed E-state index contributed by atoms with van der Waals surface area (Å²) in [5.74, 6) is -1.46. The number of Topliss-reactive ketones (excluding diaryl/α,β-unsaturated/α-hetero) is 1. The molecule has 0 fully saturated rings. The highest BCUT2D eigenvalue weighted by Gasteiger charge is 2.44. The van der Waals surface area contributed by atoms with Crippen LogP contribution < -0.4 is 4.74 Å². The van der Waals surface area contributed by atoms with E-state index < -0.39 is 23.5 Å². The Balaban J connectivity index is 1.52. The second kappa shape index (κ2) is 9.02. The maximum atomic E-state index is 13.6. The minimum absolute atomic E-state index is 0.0139. The molecule has 4 aromatic rings. The topological polar surface area (TPSA) is 118 Å². The number of carbonyl (C=O) groups excluding carboxylic acids is 2. The molecule has 178 valence electrons. The number of aromatic hydroxyl groups is 1. The number of amides is 1. The van der Waals surface area contributed by atoms with Crippen molar-refractivity contribution >= 4 is 22.7 Å². The Bertz CT molecular complexity index is 1440. The molecule has 9 nitrogen and oxygen atoms in total. The monoisotopic (exact) mass is 473 g/mol. The molecule has 2 N–H and O–H groups in total. The molecule has 0 bridgehead atoms. The van der Waals surface area contributed by atoms with Crippen molar-refractivity contribution in [2.45, 2.75) is 19.0 Å². The average molecular weight is 473 g/mol. The first-order valence-electron chi connectivity index (χ1n) is 11.1. The number of benzene rings is 2. The van der Waals surface area contributed by atoms with E-state index in [1.54, 1.807) is 48.9 Å². The van der Waals surface area contributed by atoms with Crippen LogP contribution in [0.15, 0.2) is 83.0 Å². The highest BCUT2D eigenvalue weighted by Crippen LogP contribution is 2.41. The summed E-state index contributed by atoms with van der Waals surface area (Å²) < 4.78 is 13.0. The number of methoxy groups -OCH3 is 1. The smallest absolute Gasteiger partial charge is 0.290 e. The number of phenols is 1.